The molecular formula is C11H6Cl2N2O4. The van der Waals surface area contributed by atoms with Crippen LogP contribution in [0.5, 0.6) is 5.75 Å². The number of carbonyl (C=O) groups is 1. The summed E-state index contributed by atoms with van der Waals surface area (Å²) in [7, 11) is 0. The Morgan fingerprint density at radius 2 is 1.74 bits per heavy atom. The quantitative estimate of drug-likeness (QED) is 0.884. The topological polar surface area (TPSA) is 92.4 Å². The van der Waals surface area contributed by atoms with E-state index in [-0.39, 0.29) is 15.7 Å². The number of aromatic nitrogens is 2. The molecule has 0 unspecified atom stereocenters. The molecule has 0 saturated heterocycles. The maximum atomic E-state index is 11.7. The molecule has 0 radical (unpaired) electrons. The van der Waals surface area contributed by atoms with Crippen molar-refractivity contribution in [3.63, 3.8) is 0 Å². The predicted molar refractivity (Wildman–Crippen MR) is 68.5 cm³/mol. The molecule has 0 atom stereocenters. The maximum Gasteiger partial charge on any atom is 0.360 e. The number of nitrogens with zero attached hydrogens (tertiary/aromatic N) is 2. The molecule has 19 heavy (non-hydrogen) atoms. The first-order valence-corrected chi connectivity index (χ1v) is 5.67. The minimum absolute atomic E-state index is 0.199. The Labute approximate surface area is 116 Å². The van der Waals surface area contributed by atoms with Gasteiger partial charge in [-0.05, 0) is 18.2 Å². The van der Waals surface area contributed by atoms with Gasteiger partial charge in [0, 0.05) is 16.1 Å². The van der Waals surface area contributed by atoms with Gasteiger partial charge in [-0.25, -0.2) is 4.79 Å². The van der Waals surface area contributed by atoms with Gasteiger partial charge in [-0.2, -0.15) is 9.78 Å². The van der Waals surface area contributed by atoms with Crippen molar-refractivity contribution in [2.45, 2.75) is 0 Å². The van der Waals surface area contributed by atoms with Crippen molar-refractivity contribution < 1.29 is 15.0 Å². The lowest BCUT2D eigenvalue weighted by Gasteiger charge is -2.07. The fourth-order valence-electron chi connectivity index (χ4n) is 1.45. The zero-order valence-corrected chi connectivity index (χ0v) is 10.7. The summed E-state index contributed by atoms with van der Waals surface area (Å²) in [5, 5.41) is 22.3. The van der Waals surface area contributed by atoms with Gasteiger partial charge in [-0.1, -0.05) is 23.2 Å². The van der Waals surface area contributed by atoms with Crippen LogP contribution in [-0.2, 0) is 0 Å². The second-order valence-corrected chi connectivity index (χ2v) is 4.43. The lowest BCUT2D eigenvalue weighted by molar-refractivity contribution is 0.0684. The Bertz CT molecular complexity index is 707. The molecule has 0 aliphatic heterocycles. The van der Waals surface area contributed by atoms with Crippen molar-refractivity contribution >= 4 is 29.2 Å². The molecule has 0 amide bonds. The van der Waals surface area contributed by atoms with E-state index in [2.05, 4.69) is 5.10 Å². The average molecular weight is 301 g/mol. The summed E-state index contributed by atoms with van der Waals surface area (Å²) in [5.74, 6) is -2.17. The Kier molecular flexibility index (Phi) is 3.46. The van der Waals surface area contributed by atoms with Crippen molar-refractivity contribution in [3.05, 3.63) is 50.4 Å². The molecule has 0 aliphatic carbocycles. The molecule has 2 aromatic rings. The fourth-order valence-corrected chi connectivity index (χ4v) is 1.96. The molecule has 2 rings (SSSR count). The van der Waals surface area contributed by atoms with E-state index >= 15 is 0 Å². The SMILES string of the molecule is O=C(O)c1nn(-c2cc(Cl)cc(Cl)c2)c(=O)cc1O. The Morgan fingerprint density at radius 1 is 1.16 bits per heavy atom. The third-order valence-electron chi connectivity index (χ3n) is 2.21. The summed E-state index contributed by atoms with van der Waals surface area (Å²) in [6, 6.07) is 5.00. The van der Waals surface area contributed by atoms with E-state index in [4.69, 9.17) is 28.3 Å². The monoisotopic (exact) mass is 300 g/mol. The number of aromatic hydroxyl groups is 1. The summed E-state index contributed by atoms with van der Waals surface area (Å²) in [5.41, 5.74) is -1.15. The van der Waals surface area contributed by atoms with Gasteiger partial charge >= 0.3 is 5.97 Å². The second kappa shape index (κ2) is 4.91. The minimum atomic E-state index is -1.46. The summed E-state index contributed by atoms with van der Waals surface area (Å²) in [6.45, 7) is 0. The van der Waals surface area contributed by atoms with E-state index in [0.29, 0.717) is 0 Å². The van der Waals surface area contributed by atoms with Crippen molar-refractivity contribution in [3.8, 4) is 11.4 Å². The number of hydrogen-bond acceptors (Lipinski definition) is 4. The average Bonchev–Trinajstić information content (AvgIpc) is 2.26. The molecule has 1 aromatic carbocycles. The molecule has 0 saturated carbocycles. The van der Waals surface area contributed by atoms with Crippen LogP contribution in [0.4, 0.5) is 0 Å². The maximum absolute atomic E-state index is 11.7. The number of carboxylic acids is 1. The highest BCUT2D eigenvalue weighted by atomic mass is 35.5. The second-order valence-electron chi connectivity index (χ2n) is 3.56. The summed E-state index contributed by atoms with van der Waals surface area (Å²) in [6.07, 6.45) is 0. The van der Waals surface area contributed by atoms with Gasteiger partial charge in [0.2, 0.25) is 5.69 Å². The highest BCUT2D eigenvalue weighted by molar-refractivity contribution is 6.34. The van der Waals surface area contributed by atoms with E-state index in [1.165, 1.54) is 18.2 Å². The number of aromatic carboxylic acids is 1. The van der Waals surface area contributed by atoms with Gasteiger partial charge in [-0.15, -0.1) is 0 Å². The molecule has 1 aromatic heterocycles. The first-order valence-electron chi connectivity index (χ1n) is 4.91. The van der Waals surface area contributed by atoms with Gasteiger partial charge < -0.3 is 10.2 Å². The van der Waals surface area contributed by atoms with Crippen LogP contribution >= 0.6 is 23.2 Å². The van der Waals surface area contributed by atoms with Gasteiger partial charge in [0.1, 0.15) is 0 Å². The van der Waals surface area contributed by atoms with Crippen LogP contribution in [0.2, 0.25) is 10.0 Å². The number of carboxylic acid groups (broad SMARTS) is 1. The molecule has 0 bridgehead atoms. The van der Waals surface area contributed by atoms with Gasteiger partial charge in [0.25, 0.3) is 5.56 Å². The number of rotatable bonds is 2. The predicted octanol–water partition coefficient (Wildman–Crippen LogP) is 1.94. The van der Waals surface area contributed by atoms with Crippen LogP contribution in [0.25, 0.3) is 5.69 Å². The smallest absolute Gasteiger partial charge is 0.360 e. The Morgan fingerprint density at radius 3 is 2.26 bits per heavy atom. The van der Waals surface area contributed by atoms with E-state index in [9.17, 15) is 14.7 Å². The van der Waals surface area contributed by atoms with Crippen LogP contribution in [0, 0.1) is 0 Å². The van der Waals surface area contributed by atoms with Crippen LogP contribution in [0.3, 0.4) is 0 Å². The number of benzene rings is 1. The first kappa shape index (κ1) is 13.4. The van der Waals surface area contributed by atoms with E-state index < -0.39 is 23.0 Å². The zero-order valence-electron chi connectivity index (χ0n) is 9.17. The van der Waals surface area contributed by atoms with Crippen LogP contribution < -0.4 is 5.56 Å². The van der Waals surface area contributed by atoms with E-state index in [1.54, 1.807) is 0 Å². The van der Waals surface area contributed by atoms with Crippen molar-refractivity contribution in [2.24, 2.45) is 0 Å². The standard InChI is InChI=1S/C11H6Cl2N2O4/c12-5-1-6(13)3-7(2-5)15-9(17)4-8(16)10(14-15)11(18)19/h1-4,16H,(H,18,19). The third kappa shape index (κ3) is 2.69. The number of halogens is 2. The molecule has 8 heteroatoms. The molecule has 98 valence electrons. The van der Waals surface area contributed by atoms with E-state index in [0.717, 1.165) is 10.7 Å². The zero-order chi connectivity index (χ0) is 14.2. The summed E-state index contributed by atoms with van der Waals surface area (Å²) >= 11 is 11.6. The van der Waals surface area contributed by atoms with Gasteiger partial charge in [0.05, 0.1) is 5.69 Å². The molecule has 1 heterocycles. The van der Waals surface area contributed by atoms with Crippen molar-refractivity contribution in [2.75, 3.05) is 0 Å². The number of hydrogen-bond donors (Lipinski definition) is 2. The van der Waals surface area contributed by atoms with E-state index in [1.807, 2.05) is 0 Å². The molecular weight excluding hydrogens is 295 g/mol. The Balaban J connectivity index is 2.71. The highest BCUT2D eigenvalue weighted by Gasteiger charge is 2.15. The van der Waals surface area contributed by atoms with Crippen LogP contribution in [0.15, 0.2) is 29.1 Å². The molecule has 0 fully saturated rings. The largest absolute Gasteiger partial charge is 0.505 e. The lowest BCUT2D eigenvalue weighted by atomic mass is 10.3. The normalized spacial score (nSPS) is 10.4. The van der Waals surface area contributed by atoms with Crippen molar-refractivity contribution in [1.82, 2.24) is 9.78 Å². The first-order chi connectivity index (χ1) is 8.88. The third-order valence-corrected chi connectivity index (χ3v) is 2.64. The lowest BCUT2D eigenvalue weighted by Crippen LogP contribution is -2.23. The fraction of sp³-hybridized carbons (Fsp3) is 0. The van der Waals surface area contributed by atoms with Gasteiger partial charge in [0.15, 0.2) is 5.75 Å². The minimum Gasteiger partial charge on any atom is -0.505 e. The summed E-state index contributed by atoms with van der Waals surface area (Å²) in [4.78, 5) is 22.6. The molecule has 6 nitrogen and oxygen atoms in total. The Hall–Kier alpha value is -2.05. The molecule has 0 aliphatic rings. The molecule has 2 N–H and O–H groups in total. The van der Waals surface area contributed by atoms with Crippen LogP contribution in [0.1, 0.15) is 10.5 Å². The van der Waals surface area contributed by atoms with Crippen molar-refractivity contribution in [1.29, 1.82) is 0 Å². The van der Waals surface area contributed by atoms with Crippen LogP contribution in [-0.4, -0.2) is 26.0 Å². The highest BCUT2D eigenvalue weighted by Crippen LogP contribution is 2.21. The summed E-state index contributed by atoms with van der Waals surface area (Å²) < 4.78 is 0.793. The van der Waals surface area contributed by atoms with Gasteiger partial charge in [-0.3, -0.25) is 4.79 Å². The molecule has 0 spiro atoms.